The lowest BCUT2D eigenvalue weighted by atomic mass is 10.1. The van der Waals surface area contributed by atoms with E-state index in [9.17, 15) is 13.6 Å². The molecule has 0 atom stereocenters. The first-order chi connectivity index (χ1) is 12.8. The zero-order chi connectivity index (χ0) is 19.3. The summed E-state index contributed by atoms with van der Waals surface area (Å²) in [6.07, 6.45) is 0. The van der Waals surface area contributed by atoms with Crippen LogP contribution < -0.4 is 5.73 Å². The van der Waals surface area contributed by atoms with Gasteiger partial charge in [-0.25, -0.2) is 13.8 Å². The number of benzene rings is 2. The molecule has 4 rings (SSSR count). The molecule has 27 heavy (non-hydrogen) atoms. The highest BCUT2D eigenvalue weighted by molar-refractivity contribution is 7.18. The highest BCUT2D eigenvalue weighted by atomic mass is 35.5. The molecule has 2 N–H and O–H groups in total. The summed E-state index contributed by atoms with van der Waals surface area (Å²) in [5.74, 6) is -2.61. The van der Waals surface area contributed by atoms with Crippen molar-refractivity contribution in [3.63, 3.8) is 0 Å². The molecule has 0 unspecified atom stereocenters. The molecule has 2 aromatic heterocycles. The van der Waals surface area contributed by atoms with E-state index in [0.29, 0.717) is 32.5 Å². The van der Waals surface area contributed by atoms with Crippen molar-refractivity contribution >= 4 is 39.9 Å². The van der Waals surface area contributed by atoms with E-state index in [-0.39, 0.29) is 0 Å². The predicted octanol–water partition coefficient (Wildman–Crippen LogP) is 5.56. The van der Waals surface area contributed by atoms with Crippen LogP contribution in [0.3, 0.4) is 0 Å². The zero-order valence-corrected chi connectivity index (χ0v) is 15.4. The Hall–Kier alpha value is -2.77. The molecular formula is C19H11ClF2N2O2S. The average Bonchev–Trinajstić information content (AvgIpc) is 3.18. The van der Waals surface area contributed by atoms with Crippen molar-refractivity contribution in [1.82, 2.24) is 4.98 Å². The molecule has 2 aromatic carbocycles. The summed E-state index contributed by atoms with van der Waals surface area (Å²) in [6, 6.07) is 9.19. The average molecular weight is 405 g/mol. The number of halogens is 3. The highest BCUT2D eigenvalue weighted by Crippen LogP contribution is 2.40. The van der Waals surface area contributed by atoms with Gasteiger partial charge in [0.15, 0.2) is 11.5 Å². The zero-order valence-electron chi connectivity index (χ0n) is 13.8. The lowest BCUT2D eigenvalue weighted by Crippen LogP contribution is -2.15. The first-order valence-electron chi connectivity index (χ1n) is 7.79. The Labute approximate surface area is 161 Å². The Bertz CT molecular complexity index is 1190. The molecular weight excluding hydrogens is 394 g/mol. The summed E-state index contributed by atoms with van der Waals surface area (Å²) < 4.78 is 33.6. The number of fused-ring (bicyclic) bond motifs is 1. The Morgan fingerprint density at radius 3 is 2.48 bits per heavy atom. The molecule has 0 aliphatic carbocycles. The number of hydrogen-bond acceptors (Lipinski definition) is 4. The highest BCUT2D eigenvalue weighted by Gasteiger charge is 2.18. The number of aryl methyl sites for hydroxylation is 1. The second kappa shape index (κ2) is 6.44. The predicted molar refractivity (Wildman–Crippen MR) is 101 cm³/mol. The van der Waals surface area contributed by atoms with E-state index in [1.165, 1.54) is 11.3 Å². The summed E-state index contributed by atoms with van der Waals surface area (Å²) in [5.41, 5.74) is 6.55. The Morgan fingerprint density at radius 1 is 1.15 bits per heavy atom. The van der Waals surface area contributed by atoms with Gasteiger partial charge in [-0.3, -0.25) is 4.79 Å². The normalized spacial score (nSPS) is 11.3. The van der Waals surface area contributed by atoms with Crippen LogP contribution in [-0.2, 0) is 0 Å². The third kappa shape index (κ3) is 3.09. The third-order valence-corrected chi connectivity index (χ3v) is 5.51. The van der Waals surface area contributed by atoms with Crippen molar-refractivity contribution in [2.24, 2.45) is 5.73 Å². The van der Waals surface area contributed by atoms with Crippen LogP contribution >= 0.6 is 22.9 Å². The molecule has 8 heteroatoms. The van der Waals surface area contributed by atoms with Gasteiger partial charge in [-0.2, -0.15) is 0 Å². The van der Waals surface area contributed by atoms with Crippen LogP contribution in [0.15, 0.2) is 40.8 Å². The smallest absolute Gasteiger partial charge is 0.254 e. The molecule has 0 saturated heterocycles. The van der Waals surface area contributed by atoms with Gasteiger partial charge in [-0.05, 0) is 42.0 Å². The van der Waals surface area contributed by atoms with Crippen molar-refractivity contribution in [2.45, 2.75) is 6.92 Å². The number of amides is 1. The molecule has 0 radical (unpaired) electrons. The monoisotopic (exact) mass is 404 g/mol. The largest absolute Gasteiger partial charge is 0.441 e. The van der Waals surface area contributed by atoms with Gasteiger partial charge in [0, 0.05) is 22.2 Å². The summed E-state index contributed by atoms with van der Waals surface area (Å²) in [4.78, 5) is 16.8. The van der Waals surface area contributed by atoms with E-state index in [2.05, 4.69) is 4.98 Å². The van der Waals surface area contributed by atoms with Crippen LogP contribution in [0.2, 0.25) is 5.02 Å². The quantitative estimate of drug-likeness (QED) is 0.485. The standard InChI is InChI=1S/C19H11ClF2N2O2S/c1-8-24-14-7-11(20)10(6-15(14)26-8)17-3-2-16(27-17)9-4-12(21)18(19(23)25)13(22)5-9/h2-7H,1H3,(H2,23,25). The molecule has 0 aliphatic rings. The number of carbonyl (C=O) groups excluding carboxylic acids is 1. The number of rotatable bonds is 3. The van der Waals surface area contributed by atoms with E-state index < -0.39 is 23.1 Å². The van der Waals surface area contributed by atoms with Gasteiger partial charge in [0.1, 0.15) is 22.7 Å². The number of hydrogen-bond donors (Lipinski definition) is 1. The minimum Gasteiger partial charge on any atom is -0.441 e. The van der Waals surface area contributed by atoms with Gasteiger partial charge in [-0.15, -0.1) is 11.3 Å². The molecule has 2 heterocycles. The van der Waals surface area contributed by atoms with E-state index in [1.807, 2.05) is 0 Å². The SMILES string of the molecule is Cc1nc2cc(Cl)c(-c3ccc(-c4cc(F)c(C(N)=O)c(F)c4)s3)cc2o1. The molecule has 4 aromatic rings. The second-order valence-corrected chi connectivity index (χ2v) is 7.37. The first-order valence-corrected chi connectivity index (χ1v) is 8.99. The third-order valence-electron chi connectivity index (χ3n) is 4.03. The molecule has 0 bridgehead atoms. The van der Waals surface area contributed by atoms with Crippen molar-refractivity contribution in [2.75, 3.05) is 0 Å². The fourth-order valence-electron chi connectivity index (χ4n) is 2.84. The van der Waals surface area contributed by atoms with Crippen molar-refractivity contribution in [1.29, 1.82) is 0 Å². The fourth-order valence-corrected chi connectivity index (χ4v) is 4.18. The summed E-state index contributed by atoms with van der Waals surface area (Å²) in [7, 11) is 0. The maximum atomic E-state index is 14.0. The molecule has 136 valence electrons. The van der Waals surface area contributed by atoms with Gasteiger partial charge < -0.3 is 10.2 Å². The van der Waals surface area contributed by atoms with E-state index >= 15 is 0 Å². The summed E-state index contributed by atoms with van der Waals surface area (Å²) in [6.45, 7) is 1.75. The van der Waals surface area contributed by atoms with E-state index in [4.69, 9.17) is 21.8 Å². The van der Waals surface area contributed by atoms with Crippen LogP contribution in [0, 0.1) is 18.6 Å². The molecule has 0 aliphatic heterocycles. The second-order valence-electron chi connectivity index (χ2n) is 5.88. The van der Waals surface area contributed by atoms with Crippen LogP contribution in [0.4, 0.5) is 8.78 Å². The minimum absolute atomic E-state index is 0.305. The van der Waals surface area contributed by atoms with Gasteiger partial charge in [0.25, 0.3) is 5.91 Å². The number of thiophene rings is 1. The lowest BCUT2D eigenvalue weighted by molar-refractivity contribution is 0.0992. The minimum atomic E-state index is -1.15. The molecule has 4 nitrogen and oxygen atoms in total. The van der Waals surface area contributed by atoms with E-state index in [1.54, 1.807) is 31.2 Å². The maximum absolute atomic E-state index is 14.0. The van der Waals surface area contributed by atoms with E-state index in [0.717, 1.165) is 22.6 Å². The Balaban J connectivity index is 1.78. The Morgan fingerprint density at radius 2 is 1.81 bits per heavy atom. The van der Waals surface area contributed by atoms with Crippen LogP contribution in [0.5, 0.6) is 0 Å². The number of aromatic nitrogens is 1. The fraction of sp³-hybridized carbons (Fsp3) is 0.0526. The van der Waals surface area contributed by atoms with Crippen molar-refractivity contribution in [3.05, 3.63) is 64.5 Å². The maximum Gasteiger partial charge on any atom is 0.254 e. The van der Waals surface area contributed by atoms with Crippen molar-refractivity contribution < 1.29 is 18.0 Å². The molecule has 0 spiro atoms. The van der Waals surface area contributed by atoms with Gasteiger partial charge in [-0.1, -0.05) is 11.6 Å². The van der Waals surface area contributed by atoms with Crippen molar-refractivity contribution in [3.8, 4) is 20.9 Å². The summed E-state index contributed by atoms with van der Waals surface area (Å²) in [5, 5.41) is 0.491. The topological polar surface area (TPSA) is 69.1 Å². The Kier molecular flexibility index (Phi) is 4.20. The molecule has 0 saturated carbocycles. The molecule has 1 amide bonds. The van der Waals surface area contributed by atoms with Crippen LogP contribution in [-0.4, -0.2) is 10.9 Å². The molecule has 0 fully saturated rings. The number of nitrogens with zero attached hydrogens (tertiary/aromatic N) is 1. The van der Waals surface area contributed by atoms with Crippen LogP contribution in [0.25, 0.3) is 32.0 Å². The number of primary amides is 1. The van der Waals surface area contributed by atoms with Crippen LogP contribution in [0.1, 0.15) is 16.2 Å². The lowest BCUT2D eigenvalue weighted by Gasteiger charge is -2.04. The number of nitrogens with two attached hydrogens (primary N) is 1. The van der Waals surface area contributed by atoms with Gasteiger partial charge in [0.2, 0.25) is 0 Å². The number of oxazole rings is 1. The number of carbonyl (C=O) groups is 1. The van der Waals surface area contributed by atoms with Gasteiger partial charge >= 0.3 is 0 Å². The first kappa shape index (κ1) is 17.6. The van der Waals surface area contributed by atoms with Gasteiger partial charge in [0.05, 0.1) is 5.02 Å². The summed E-state index contributed by atoms with van der Waals surface area (Å²) >= 11 is 7.67.